The van der Waals surface area contributed by atoms with Gasteiger partial charge in [-0.2, -0.15) is 0 Å². The molecule has 1 fully saturated rings. The van der Waals surface area contributed by atoms with Crippen LogP contribution in [0.1, 0.15) is 60.8 Å². The molecule has 3 aliphatic rings. The third-order valence-electron chi connectivity index (χ3n) is 8.45. The van der Waals surface area contributed by atoms with Crippen LogP contribution in [0.25, 0.3) is 0 Å². The van der Waals surface area contributed by atoms with E-state index in [1.54, 1.807) is 13.8 Å². The Kier molecular flexibility index (Phi) is 7.04. The summed E-state index contributed by atoms with van der Waals surface area (Å²) in [4.78, 5) is 63.8. The molecule has 4 rings (SSSR count). The third-order valence-corrected chi connectivity index (χ3v) is 8.45. The summed E-state index contributed by atoms with van der Waals surface area (Å²) in [6.07, 6.45) is 0.495. The fourth-order valence-corrected chi connectivity index (χ4v) is 7.10. The fourth-order valence-electron chi connectivity index (χ4n) is 7.10. The number of aliphatic hydroxyl groups is 1. The van der Waals surface area contributed by atoms with Crippen LogP contribution in [0, 0.1) is 38.7 Å². The maximum Gasteiger partial charge on any atom is 0.318 e. The van der Waals surface area contributed by atoms with Crippen LogP contribution in [0.15, 0.2) is 46.7 Å². The maximum absolute atomic E-state index is 14.0. The average Bonchev–Trinajstić information content (AvgIpc) is 2.82. The van der Waals surface area contributed by atoms with Crippen LogP contribution in [-0.2, 0) is 23.9 Å². The molecule has 1 saturated carbocycles. The number of Topliss-reactive ketones (excluding diaryl/α,β-unsaturated/α-hetero) is 2. The summed E-state index contributed by atoms with van der Waals surface area (Å²) in [5, 5.41) is 22.5. The Bertz CT molecular complexity index is 1330. The van der Waals surface area contributed by atoms with Gasteiger partial charge in [-0.05, 0) is 42.2 Å². The minimum absolute atomic E-state index is 0.0133. The molecule has 0 aliphatic heterocycles. The van der Waals surface area contributed by atoms with Gasteiger partial charge in [0.15, 0.2) is 0 Å². The van der Waals surface area contributed by atoms with Gasteiger partial charge in [-0.1, -0.05) is 41.0 Å². The number of esters is 2. The van der Waals surface area contributed by atoms with E-state index in [2.05, 4.69) is 0 Å². The number of nitrogens with zero attached hydrogens (tertiary/aromatic N) is 1. The second-order valence-electron chi connectivity index (χ2n) is 11.8. The Morgan fingerprint density at radius 1 is 1.08 bits per heavy atom. The topological polar surface area (TPSA) is 150 Å². The van der Waals surface area contributed by atoms with Crippen LogP contribution in [0.5, 0.6) is 5.75 Å². The molecule has 4 atom stereocenters. The predicted molar refractivity (Wildman–Crippen MR) is 139 cm³/mol. The van der Waals surface area contributed by atoms with E-state index in [0.717, 1.165) is 0 Å². The van der Waals surface area contributed by atoms with Crippen molar-refractivity contribution in [3.63, 3.8) is 0 Å². The number of nitro benzene ring substituents is 1. The van der Waals surface area contributed by atoms with Gasteiger partial charge in [0.2, 0.25) is 11.6 Å². The van der Waals surface area contributed by atoms with Crippen LogP contribution < -0.4 is 4.74 Å². The van der Waals surface area contributed by atoms with Gasteiger partial charge in [-0.3, -0.25) is 29.3 Å². The molecule has 10 heteroatoms. The van der Waals surface area contributed by atoms with E-state index in [4.69, 9.17) is 9.47 Å². The molecule has 1 N–H and O–H groups in total. The van der Waals surface area contributed by atoms with E-state index in [-0.39, 0.29) is 28.2 Å². The van der Waals surface area contributed by atoms with Crippen LogP contribution in [0.3, 0.4) is 0 Å². The maximum atomic E-state index is 14.0. The summed E-state index contributed by atoms with van der Waals surface area (Å²) in [7, 11) is 0. The molecule has 39 heavy (non-hydrogen) atoms. The molecule has 3 aliphatic carbocycles. The van der Waals surface area contributed by atoms with Crippen LogP contribution >= 0.6 is 0 Å². The first-order valence-electron chi connectivity index (χ1n) is 13.0. The summed E-state index contributed by atoms with van der Waals surface area (Å²) in [5.41, 5.74) is -1.74. The molecule has 0 amide bonds. The van der Waals surface area contributed by atoms with Gasteiger partial charge in [-0.25, -0.2) is 0 Å². The third kappa shape index (κ3) is 4.55. The number of ether oxygens (including phenoxy) is 2. The number of non-ortho nitro benzene ring substituents is 1. The number of hydrogen-bond donors (Lipinski definition) is 1. The molecule has 0 saturated heterocycles. The number of rotatable bonds is 5. The van der Waals surface area contributed by atoms with Crippen molar-refractivity contribution >= 4 is 29.2 Å². The number of nitro groups is 1. The summed E-state index contributed by atoms with van der Waals surface area (Å²) < 4.78 is 11.4. The monoisotopic (exact) mass is 539 g/mol. The molecule has 1 aromatic carbocycles. The molecule has 0 unspecified atom stereocenters. The normalized spacial score (nSPS) is 28.1. The number of fused-ring (bicyclic) bond motifs is 2. The molecule has 0 aromatic heterocycles. The SMILES string of the molecule is CC(=O)O[C@H]1C2=C(C(=O)C(=O)C(C(C)C)=C2O)[C@@]2(C)CCCC(C)(C)[C@@H]2[C@@H]1C(=O)Oc1ccc([N+](=O)[O-])cc1. The van der Waals surface area contributed by atoms with E-state index < -0.39 is 68.9 Å². The minimum Gasteiger partial charge on any atom is -0.507 e. The van der Waals surface area contributed by atoms with Gasteiger partial charge in [0.05, 0.1) is 4.92 Å². The molecular weight excluding hydrogens is 506 g/mol. The quantitative estimate of drug-likeness (QED) is 0.139. The van der Waals surface area contributed by atoms with Crippen molar-refractivity contribution in [2.24, 2.45) is 28.6 Å². The lowest BCUT2D eigenvalue weighted by Gasteiger charge is -2.58. The van der Waals surface area contributed by atoms with Crippen molar-refractivity contribution in [3.05, 3.63) is 56.9 Å². The minimum atomic E-state index is -1.38. The van der Waals surface area contributed by atoms with Crippen LogP contribution in [-0.4, -0.2) is 39.6 Å². The van der Waals surface area contributed by atoms with Crippen molar-refractivity contribution in [1.82, 2.24) is 0 Å². The van der Waals surface area contributed by atoms with Crippen LogP contribution in [0.4, 0.5) is 5.69 Å². The zero-order chi connectivity index (χ0) is 29.0. The molecule has 1 aromatic rings. The van der Waals surface area contributed by atoms with Crippen molar-refractivity contribution in [1.29, 1.82) is 0 Å². The number of carbonyl (C=O) groups is 4. The number of carbonyl (C=O) groups excluding carboxylic acids is 4. The first kappa shape index (κ1) is 28.2. The second kappa shape index (κ2) is 9.73. The number of ketones is 2. The highest BCUT2D eigenvalue weighted by atomic mass is 16.6. The van der Waals surface area contributed by atoms with E-state index in [0.29, 0.717) is 19.3 Å². The Labute approximate surface area is 226 Å². The molecule has 0 bridgehead atoms. The highest BCUT2D eigenvalue weighted by Crippen LogP contribution is 2.63. The lowest BCUT2D eigenvalue weighted by Crippen LogP contribution is -2.60. The number of allylic oxidation sites excluding steroid dienone is 2. The standard InChI is InChI=1S/C29H33NO9/c1-14(2)18-22(32)19-21(24(34)23(18)33)29(6)13-7-12-28(4,5)26(29)20(25(19)38-15(3)31)27(35)39-17-10-8-16(9-11-17)30(36)37/h8-11,14,20,25-26,32H,7,12-13H2,1-6H3/t20-,25+,26+,29-/m1/s1. The Morgan fingerprint density at radius 2 is 1.69 bits per heavy atom. The largest absolute Gasteiger partial charge is 0.507 e. The van der Waals surface area contributed by atoms with Gasteiger partial charge in [0, 0.05) is 41.2 Å². The molecule has 0 spiro atoms. The first-order chi connectivity index (χ1) is 18.1. The summed E-state index contributed by atoms with van der Waals surface area (Å²) in [5.74, 6) is -5.68. The van der Waals surface area contributed by atoms with Gasteiger partial charge >= 0.3 is 11.9 Å². The van der Waals surface area contributed by atoms with Gasteiger partial charge in [0.25, 0.3) is 5.69 Å². The second-order valence-corrected chi connectivity index (χ2v) is 11.8. The zero-order valence-electron chi connectivity index (χ0n) is 22.9. The Balaban J connectivity index is 1.95. The van der Waals surface area contributed by atoms with E-state index >= 15 is 0 Å². The first-order valence-corrected chi connectivity index (χ1v) is 13.0. The molecule has 0 radical (unpaired) electrons. The van der Waals surface area contributed by atoms with Crippen molar-refractivity contribution in [3.8, 4) is 5.75 Å². The molecule has 0 heterocycles. The van der Waals surface area contributed by atoms with Crippen molar-refractivity contribution in [2.75, 3.05) is 0 Å². The predicted octanol–water partition coefficient (Wildman–Crippen LogP) is 4.81. The molecule has 208 valence electrons. The lowest BCUT2D eigenvalue weighted by atomic mass is 9.45. The molecular formula is C29H33NO9. The van der Waals surface area contributed by atoms with E-state index in [9.17, 15) is 34.4 Å². The van der Waals surface area contributed by atoms with Gasteiger partial charge in [0.1, 0.15) is 23.5 Å². The van der Waals surface area contributed by atoms with Crippen molar-refractivity contribution < 1.29 is 38.7 Å². The smallest absolute Gasteiger partial charge is 0.318 e. The van der Waals surface area contributed by atoms with Crippen LogP contribution in [0.2, 0.25) is 0 Å². The summed E-state index contributed by atoms with van der Waals surface area (Å²) >= 11 is 0. The molecule has 10 nitrogen and oxygen atoms in total. The summed E-state index contributed by atoms with van der Waals surface area (Å²) in [6, 6.07) is 5.01. The summed E-state index contributed by atoms with van der Waals surface area (Å²) in [6.45, 7) is 10.2. The number of hydrogen-bond acceptors (Lipinski definition) is 9. The Hall–Kier alpha value is -3.82. The van der Waals surface area contributed by atoms with Gasteiger partial charge < -0.3 is 14.6 Å². The highest BCUT2D eigenvalue weighted by molar-refractivity contribution is 6.50. The average molecular weight is 540 g/mol. The highest BCUT2D eigenvalue weighted by Gasteiger charge is 2.64. The van der Waals surface area contributed by atoms with Gasteiger partial charge in [-0.15, -0.1) is 0 Å². The Morgan fingerprint density at radius 3 is 2.23 bits per heavy atom. The fraction of sp³-hybridized carbons (Fsp3) is 0.517. The van der Waals surface area contributed by atoms with Crippen molar-refractivity contribution in [2.45, 2.75) is 66.9 Å². The zero-order valence-corrected chi connectivity index (χ0v) is 22.9. The lowest BCUT2D eigenvalue weighted by molar-refractivity contribution is -0.384. The number of benzene rings is 1. The number of aliphatic hydroxyl groups excluding tert-OH is 1. The van der Waals surface area contributed by atoms with E-state index in [1.807, 2.05) is 20.8 Å². The van der Waals surface area contributed by atoms with E-state index in [1.165, 1.54) is 31.2 Å².